The average Bonchev–Trinajstić information content (AvgIpc) is 2.81. The van der Waals surface area contributed by atoms with Crippen LogP contribution in [0.5, 0.6) is 0 Å². The van der Waals surface area contributed by atoms with Gasteiger partial charge in [-0.1, -0.05) is 46.8 Å². The number of nitrogens with zero attached hydrogens (tertiary/aromatic N) is 2. The van der Waals surface area contributed by atoms with Crippen molar-refractivity contribution in [1.29, 1.82) is 0 Å². The summed E-state index contributed by atoms with van der Waals surface area (Å²) < 4.78 is 0. The Hall–Kier alpha value is -2.37. The molecule has 182 valence electrons. The number of rotatable bonds is 5. The van der Waals surface area contributed by atoms with Crippen molar-refractivity contribution < 1.29 is 14.4 Å². The van der Waals surface area contributed by atoms with E-state index < -0.39 is 6.04 Å². The van der Waals surface area contributed by atoms with Gasteiger partial charge in [0.1, 0.15) is 6.04 Å². The van der Waals surface area contributed by atoms with Gasteiger partial charge in [0.05, 0.1) is 0 Å². The molecule has 2 heterocycles. The maximum atomic E-state index is 13.3. The highest BCUT2D eigenvalue weighted by Crippen LogP contribution is 2.24. The first-order chi connectivity index (χ1) is 15.6. The molecule has 2 saturated heterocycles. The average molecular weight is 456 g/mol. The highest BCUT2D eigenvalue weighted by Gasteiger charge is 2.34. The second kappa shape index (κ2) is 10.7. The predicted octanol–water partition coefficient (Wildman–Crippen LogP) is 3.99. The molecule has 1 aromatic rings. The van der Waals surface area contributed by atoms with Gasteiger partial charge in [0.25, 0.3) is 5.91 Å². The lowest BCUT2D eigenvalue weighted by molar-refractivity contribution is -0.142. The highest BCUT2D eigenvalue weighted by atomic mass is 16.2. The summed E-state index contributed by atoms with van der Waals surface area (Å²) in [7, 11) is 0. The van der Waals surface area contributed by atoms with E-state index in [4.69, 9.17) is 0 Å². The van der Waals surface area contributed by atoms with E-state index in [1.807, 2.05) is 47.9 Å². The van der Waals surface area contributed by atoms with Crippen LogP contribution in [0.1, 0.15) is 82.6 Å². The Labute approximate surface area is 199 Å². The van der Waals surface area contributed by atoms with E-state index in [9.17, 15) is 14.4 Å². The Morgan fingerprint density at radius 2 is 1.45 bits per heavy atom. The molecule has 33 heavy (non-hydrogen) atoms. The monoisotopic (exact) mass is 455 g/mol. The molecule has 2 fully saturated rings. The van der Waals surface area contributed by atoms with E-state index in [-0.39, 0.29) is 35.0 Å². The van der Waals surface area contributed by atoms with Gasteiger partial charge in [-0.2, -0.15) is 0 Å². The molecule has 1 N–H and O–H groups in total. The number of carbonyl (C=O) groups is 3. The molecule has 1 unspecified atom stereocenters. The molecule has 0 aliphatic carbocycles. The van der Waals surface area contributed by atoms with Crippen LogP contribution in [0.4, 0.5) is 0 Å². The largest absolute Gasteiger partial charge is 0.342 e. The van der Waals surface area contributed by atoms with Crippen molar-refractivity contribution in [2.45, 2.75) is 78.2 Å². The predicted molar refractivity (Wildman–Crippen MR) is 131 cm³/mol. The molecule has 1 atom stereocenters. The van der Waals surface area contributed by atoms with Crippen LogP contribution in [0.3, 0.4) is 0 Å². The van der Waals surface area contributed by atoms with Gasteiger partial charge in [-0.05, 0) is 61.1 Å². The van der Waals surface area contributed by atoms with Crippen LogP contribution in [0.15, 0.2) is 24.3 Å². The Morgan fingerprint density at radius 1 is 0.879 bits per heavy atom. The molecule has 2 aliphatic rings. The zero-order chi connectivity index (χ0) is 24.2. The van der Waals surface area contributed by atoms with Gasteiger partial charge in [-0.3, -0.25) is 14.4 Å². The summed E-state index contributed by atoms with van der Waals surface area (Å²) in [6.07, 6.45) is 4.80. The maximum absolute atomic E-state index is 13.3. The second-order valence-corrected chi connectivity index (χ2v) is 11.0. The number of likely N-dealkylation sites (tertiary alicyclic amines) is 2. The number of benzene rings is 1. The van der Waals surface area contributed by atoms with E-state index in [2.05, 4.69) is 26.1 Å². The maximum Gasteiger partial charge on any atom is 0.251 e. The number of hydrogen-bond donors (Lipinski definition) is 1. The summed E-state index contributed by atoms with van der Waals surface area (Å²) in [5.41, 5.74) is 1.75. The summed E-state index contributed by atoms with van der Waals surface area (Å²) in [6, 6.07) is 7.04. The first-order valence-corrected chi connectivity index (χ1v) is 12.6. The van der Waals surface area contributed by atoms with Crippen LogP contribution >= 0.6 is 0 Å². The van der Waals surface area contributed by atoms with E-state index in [0.717, 1.165) is 31.5 Å². The van der Waals surface area contributed by atoms with Gasteiger partial charge >= 0.3 is 0 Å². The molecule has 6 heteroatoms. The number of hydrogen-bond acceptors (Lipinski definition) is 3. The molecule has 1 aromatic carbocycles. The van der Waals surface area contributed by atoms with Gasteiger partial charge < -0.3 is 15.1 Å². The Kier molecular flexibility index (Phi) is 8.19. The minimum atomic E-state index is -0.575. The molecule has 6 nitrogen and oxygen atoms in total. The fraction of sp³-hybridized carbons (Fsp3) is 0.667. The fourth-order valence-electron chi connectivity index (χ4n) is 4.78. The van der Waals surface area contributed by atoms with E-state index in [0.29, 0.717) is 31.5 Å². The summed E-state index contributed by atoms with van der Waals surface area (Å²) in [4.78, 5) is 42.8. The summed E-state index contributed by atoms with van der Waals surface area (Å²) in [5, 5.41) is 2.97. The molecule has 0 spiro atoms. The highest BCUT2D eigenvalue weighted by molar-refractivity contribution is 5.97. The number of amides is 3. The van der Waals surface area contributed by atoms with Crippen LogP contribution < -0.4 is 5.32 Å². The smallest absolute Gasteiger partial charge is 0.251 e. The number of nitrogens with one attached hydrogen (secondary N) is 1. The summed E-state index contributed by atoms with van der Waals surface area (Å²) in [6.45, 7) is 13.2. The SMILES string of the molecule is CC(C)C(NC(=O)c1ccc(C(C)(C)C)cc1)C(=O)N1CCC(C(=O)N2CCCCC2)CC1. The van der Waals surface area contributed by atoms with Crippen molar-refractivity contribution in [2.24, 2.45) is 11.8 Å². The molecule has 0 saturated carbocycles. The van der Waals surface area contributed by atoms with Crippen molar-refractivity contribution in [3.63, 3.8) is 0 Å². The fourth-order valence-corrected chi connectivity index (χ4v) is 4.78. The minimum Gasteiger partial charge on any atom is -0.342 e. The first kappa shape index (κ1) is 25.3. The zero-order valence-electron chi connectivity index (χ0n) is 21.0. The molecule has 0 bridgehead atoms. The van der Waals surface area contributed by atoms with Gasteiger partial charge in [-0.15, -0.1) is 0 Å². The van der Waals surface area contributed by atoms with Crippen LogP contribution in [-0.2, 0) is 15.0 Å². The molecular weight excluding hydrogens is 414 g/mol. The van der Waals surface area contributed by atoms with E-state index >= 15 is 0 Å². The molecule has 3 rings (SSSR count). The first-order valence-electron chi connectivity index (χ1n) is 12.6. The number of piperidine rings is 2. The summed E-state index contributed by atoms with van der Waals surface area (Å²) >= 11 is 0. The molecule has 2 aliphatic heterocycles. The molecular formula is C27H41N3O3. The van der Waals surface area contributed by atoms with Crippen LogP contribution in [0.25, 0.3) is 0 Å². The minimum absolute atomic E-state index is 0.0144. The van der Waals surface area contributed by atoms with Crippen LogP contribution in [0.2, 0.25) is 0 Å². The lowest BCUT2D eigenvalue weighted by Gasteiger charge is -2.37. The number of carbonyl (C=O) groups excluding carboxylic acids is 3. The third-order valence-corrected chi connectivity index (χ3v) is 7.06. The van der Waals surface area contributed by atoms with Crippen molar-refractivity contribution in [3.8, 4) is 0 Å². The van der Waals surface area contributed by atoms with Crippen molar-refractivity contribution in [2.75, 3.05) is 26.2 Å². The van der Waals surface area contributed by atoms with Crippen molar-refractivity contribution in [1.82, 2.24) is 15.1 Å². The van der Waals surface area contributed by atoms with E-state index in [1.165, 1.54) is 6.42 Å². The van der Waals surface area contributed by atoms with Gasteiger partial charge in [0, 0.05) is 37.7 Å². The lowest BCUT2D eigenvalue weighted by Crippen LogP contribution is -2.54. The third kappa shape index (κ3) is 6.36. The normalized spacial score (nSPS) is 18.8. The Morgan fingerprint density at radius 3 is 1.97 bits per heavy atom. The molecule has 0 aromatic heterocycles. The third-order valence-electron chi connectivity index (χ3n) is 7.06. The van der Waals surface area contributed by atoms with E-state index in [1.54, 1.807) is 0 Å². The quantitative estimate of drug-likeness (QED) is 0.730. The van der Waals surface area contributed by atoms with Crippen LogP contribution in [-0.4, -0.2) is 59.7 Å². The van der Waals surface area contributed by atoms with Crippen molar-refractivity contribution >= 4 is 17.7 Å². The topological polar surface area (TPSA) is 69.7 Å². The lowest BCUT2D eigenvalue weighted by atomic mass is 9.86. The zero-order valence-corrected chi connectivity index (χ0v) is 21.0. The van der Waals surface area contributed by atoms with Crippen LogP contribution in [0, 0.1) is 11.8 Å². The molecule has 3 amide bonds. The van der Waals surface area contributed by atoms with Gasteiger partial charge in [0.15, 0.2) is 0 Å². The van der Waals surface area contributed by atoms with Crippen molar-refractivity contribution in [3.05, 3.63) is 35.4 Å². The van der Waals surface area contributed by atoms with Gasteiger partial charge in [0.2, 0.25) is 11.8 Å². The summed E-state index contributed by atoms with van der Waals surface area (Å²) in [5.74, 6) is -0.0241. The Balaban J connectivity index is 1.58. The second-order valence-electron chi connectivity index (χ2n) is 11.0. The van der Waals surface area contributed by atoms with Gasteiger partial charge in [-0.25, -0.2) is 0 Å². The standard InChI is InChI=1S/C27H41N3O3/c1-19(2)23(28-24(31)20-9-11-22(12-10-20)27(3,4)5)26(33)30-17-13-21(14-18-30)25(32)29-15-7-6-8-16-29/h9-12,19,21,23H,6-8,13-18H2,1-5H3,(H,28,31). The Bertz CT molecular complexity index is 827. The molecule has 0 radical (unpaired) electrons.